The maximum Gasteiger partial charge on any atom is 0.311 e. The van der Waals surface area contributed by atoms with Crippen molar-refractivity contribution < 1.29 is 9.66 Å². The number of benzene rings is 1. The number of rotatable bonds is 4. The minimum Gasteiger partial charge on any atom is -0.431 e. The van der Waals surface area contributed by atoms with Crippen molar-refractivity contribution in [1.82, 2.24) is 9.97 Å². The average molecular weight is 335 g/mol. The Balaban J connectivity index is 2.47. The highest BCUT2D eigenvalue weighted by molar-refractivity contribution is 6.31. The van der Waals surface area contributed by atoms with Crippen LogP contribution in [-0.4, -0.2) is 14.9 Å². The van der Waals surface area contributed by atoms with Crippen LogP contribution in [0.3, 0.4) is 0 Å². The molecule has 0 spiro atoms. The molecule has 0 aliphatic carbocycles. The normalized spacial score (nSPS) is 10.3. The largest absolute Gasteiger partial charge is 0.431 e. The van der Waals surface area contributed by atoms with Crippen molar-refractivity contribution in [1.29, 1.82) is 0 Å². The topological polar surface area (TPSA) is 78.2 Å². The third kappa shape index (κ3) is 3.09. The maximum absolute atomic E-state index is 10.9. The van der Waals surface area contributed by atoms with Crippen LogP contribution < -0.4 is 4.74 Å². The van der Waals surface area contributed by atoms with E-state index in [1.54, 1.807) is 0 Å². The van der Waals surface area contributed by atoms with Gasteiger partial charge in [-0.25, -0.2) is 9.97 Å². The highest BCUT2D eigenvalue weighted by atomic mass is 35.5. The summed E-state index contributed by atoms with van der Waals surface area (Å²) in [4.78, 5) is 18.0. The van der Waals surface area contributed by atoms with Crippen LogP contribution in [0.4, 0.5) is 5.69 Å². The van der Waals surface area contributed by atoms with Crippen LogP contribution in [0.2, 0.25) is 10.2 Å². The van der Waals surface area contributed by atoms with Crippen molar-refractivity contribution in [3.63, 3.8) is 0 Å². The number of nitro groups is 1. The van der Waals surface area contributed by atoms with E-state index in [4.69, 9.17) is 39.5 Å². The lowest BCUT2D eigenvalue weighted by Gasteiger charge is -2.09. The molecule has 9 heteroatoms. The van der Waals surface area contributed by atoms with E-state index in [2.05, 4.69) is 9.97 Å². The zero-order valence-electron chi connectivity index (χ0n) is 9.72. The molecule has 0 aliphatic heterocycles. The van der Waals surface area contributed by atoms with Crippen LogP contribution in [0.1, 0.15) is 5.56 Å². The third-order valence-electron chi connectivity index (χ3n) is 2.31. The monoisotopic (exact) mass is 333 g/mol. The summed E-state index contributed by atoms with van der Waals surface area (Å²) in [6.07, 6.45) is 1.17. The molecule has 0 fully saturated rings. The number of nitro benzene ring substituents is 1. The highest BCUT2D eigenvalue weighted by Crippen LogP contribution is 2.35. The van der Waals surface area contributed by atoms with Gasteiger partial charge < -0.3 is 4.74 Å². The number of halogens is 3. The highest BCUT2D eigenvalue weighted by Gasteiger charge is 2.19. The molecule has 0 unspecified atom stereocenters. The quantitative estimate of drug-likeness (QED) is 0.362. The van der Waals surface area contributed by atoms with E-state index in [9.17, 15) is 10.1 Å². The van der Waals surface area contributed by atoms with Crippen LogP contribution in [0.15, 0.2) is 24.5 Å². The first-order chi connectivity index (χ1) is 9.52. The van der Waals surface area contributed by atoms with Crippen molar-refractivity contribution in [2.24, 2.45) is 0 Å². The predicted octanol–water partition coefficient (Wildman–Crippen LogP) is 4.22. The van der Waals surface area contributed by atoms with E-state index in [0.29, 0.717) is 5.56 Å². The zero-order valence-corrected chi connectivity index (χ0v) is 12.0. The molecule has 0 saturated heterocycles. The summed E-state index contributed by atoms with van der Waals surface area (Å²) in [5.74, 6) is -0.00221. The van der Waals surface area contributed by atoms with Gasteiger partial charge in [-0.3, -0.25) is 10.1 Å². The molecular weight excluding hydrogens is 328 g/mol. The molecule has 1 aromatic heterocycles. The number of aromatic nitrogens is 2. The van der Waals surface area contributed by atoms with E-state index in [0.717, 1.165) is 0 Å². The van der Waals surface area contributed by atoms with E-state index < -0.39 is 4.92 Å². The number of hydrogen-bond donors (Lipinski definition) is 0. The van der Waals surface area contributed by atoms with Gasteiger partial charge in [0.25, 0.3) is 0 Å². The molecular formula is C11H6Cl3N3O3. The van der Waals surface area contributed by atoms with Gasteiger partial charge in [0.2, 0.25) is 11.6 Å². The maximum atomic E-state index is 10.9. The van der Waals surface area contributed by atoms with Gasteiger partial charge in [-0.05, 0) is 6.07 Å². The fraction of sp³-hybridized carbons (Fsp3) is 0.0909. The molecule has 0 amide bonds. The third-order valence-corrected chi connectivity index (χ3v) is 3.14. The zero-order chi connectivity index (χ0) is 14.7. The summed E-state index contributed by atoms with van der Waals surface area (Å²) in [6.45, 7) is 0. The Morgan fingerprint density at radius 3 is 2.70 bits per heavy atom. The smallest absolute Gasteiger partial charge is 0.311 e. The minimum absolute atomic E-state index is 0.00334. The Kier molecular flexibility index (Phi) is 4.59. The second-order valence-corrected chi connectivity index (χ2v) is 4.61. The second kappa shape index (κ2) is 6.21. The van der Waals surface area contributed by atoms with Crippen LogP contribution in [0.5, 0.6) is 11.6 Å². The molecule has 104 valence electrons. The molecule has 2 rings (SSSR count). The van der Waals surface area contributed by atoms with E-state index >= 15 is 0 Å². The van der Waals surface area contributed by atoms with Crippen molar-refractivity contribution in [2.45, 2.75) is 5.88 Å². The van der Waals surface area contributed by atoms with Gasteiger partial charge in [-0.15, -0.1) is 11.6 Å². The number of nitrogens with zero attached hydrogens (tertiary/aromatic N) is 3. The summed E-state index contributed by atoms with van der Waals surface area (Å²) in [7, 11) is 0. The average Bonchev–Trinajstić information content (AvgIpc) is 2.38. The van der Waals surface area contributed by atoms with Gasteiger partial charge in [0.05, 0.1) is 16.4 Å². The SMILES string of the molecule is O=[N+]([O-])c1ccc(Cl)cc1Oc1ncnc(Cl)c1CCl. The number of hydrogen-bond acceptors (Lipinski definition) is 5. The molecule has 0 bridgehead atoms. The molecule has 2 aromatic rings. The van der Waals surface area contributed by atoms with Crippen LogP contribution in [0.25, 0.3) is 0 Å². The van der Waals surface area contributed by atoms with Crippen LogP contribution >= 0.6 is 34.8 Å². The molecule has 0 atom stereocenters. The summed E-state index contributed by atoms with van der Waals surface area (Å²) >= 11 is 17.4. The molecule has 0 N–H and O–H groups in total. The summed E-state index contributed by atoms with van der Waals surface area (Å²) in [5.41, 5.74) is 0.0924. The predicted molar refractivity (Wildman–Crippen MR) is 74.8 cm³/mol. The Morgan fingerprint density at radius 1 is 1.30 bits per heavy atom. The number of ether oxygens (including phenoxy) is 1. The standard InChI is InChI=1S/C11H6Cl3N3O3/c12-4-7-10(14)15-5-16-11(7)20-9-3-6(13)1-2-8(9)17(18)19/h1-3,5H,4H2. The van der Waals surface area contributed by atoms with Gasteiger partial charge >= 0.3 is 5.69 Å². The molecule has 0 aliphatic rings. The van der Waals surface area contributed by atoms with E-state index in [-0.39, 0.29) is 33.4 Å². The molecule has 0 saturated carbocycles. The van der Waals surface area contributed by atoms with Crippen molar-refractivity contribution in [3.8, 4) is 11.6 Å². The first kappa shape index (κ1) is 14.8. The van der Waals surface area contributed by atoms with Crippen molar-refractivity contribution in [2.75, 3.05) is 0 Å². The van der Waals surface area contributed by atoms with Gasteiger partial charge in [0.1, 0.15) is 11.5 Å². The molecule has 20 heavy (non-hydrogen) atoms. The molecule has 1 aromatic carbocycles. The summed E-state index contributed by atoms with van der Waals surface area (Å²) in [5, 5.41) is 11.4. The Bertz CT molecular complexity index is 667. The minimum atomic E-state index is -0.588. The summed E-state index contributed by atoms with van der Waals surface area (Å²) in [6, 6.07) is 3.94. The molecule has 6 nitrogen and oxygen atoms in total. The Morgan fingerprint density at radius 2 is 2.05 bits per heavy atom. The lowest BCUT2D eigenvalue weighted by molar-refractivity contribution is -0.385. The van der Waals surface area contributed by atoms with Gasteiger partial charge in [-0.2, -0.15) is 0 Å². The first-order valence-electron chi connectivity index (χ1n) is 5.20. The fourth-order valence-electron chi connectivity index (χ4n) is 1.40. The van der Waals surface area contributed by atoms with Gasteiger partial charge in [0.15, 0.2) is 0 Å². The second-order valence-electron chi connectivity index (χ2n) is 3.55. The Hall–Kier alpha value is -1.63. The Labute approximate surface area is 128 Å². The van der Waals surface area contributed by atoms with Crippen LogP contribution in [0, 0.1) is 10.1 Å². The van der Waals surface area contributed by atoms with E-state index in [1.807, 2.05) is 0 Å². The summed E-state index contributed by atoms with van der Waals surface area (Å²) < 4.78 is 5.41. The van der Waals surface area contributed by atoms with Crippen molar-refractivity contribution >= 4 is 40.5 Å². The fourth-order valence-corrected chi connectivity index (χ4v) is 2.06. The van der Waals surface area contributed by atoms with Crippen LogP contribution in [-0.2, 0) is 5.88 Å². The lowest BCUT2D eigenvalue weighted by atomic mass is 10.3. The van der Waals surface area contributed by atoms with Crippen molar-refractivity contribution in [3.05, 3.63) is 50.4 Å². The van der Waals surface area contributed by atoms with Gasteiger partial charge in [-0.1, -0.05) is 23.2 Å². The lowest BCUT2D eigenvalue weighted by Crippen LogP contribution is -1.98. The molecule has 1 heterocycles. The molecule has 0 radical (unpaired) electrons. The number of alkyl halides is 1. The van der Waals surface area contributed by atoms with E-state index in [1.165, 1.54) is 24.5 Å². The first-order valence-corrected chi connectivity index (χ1v) is 6.49. The van der Waals surface area contributed by atoms with Gasteiger partial charge in [0, 0.05) is 17.2 Å².